The van der Waals surface area contributed by atoms with Crippen LogP contribution in [0, 0.1) is 5.92 Å². The van der Waals surface area contributed by atoms with Crippen LogP contribution >= 0.6 is 0 Å². The molecule has 0 spiro atoms. The Balaban J connectivity index is 2.74. The highest BCUT2D eigenvalue weighted by Crippen LogP contribution is 2.23. The number of carboxylic acids is 1. The molecule has 1 rings (SSSR count). The molecule has 3 heteroatoms. The molecule has 0 radical (unpaired) electrons. The van der Waals surface area contributed by atoms with E-state index in [1.807, 2.05) is 6.92 Å². The average molecular weight is 183 g/mol. The summed E-state index contributed by atoms with van der Waals surface area (Å²) in [7, 11) is 0. The fraction of sp³-hybridized carbons (Fsp3) is 0.800. The zero-order valence-corrected chi connectivity index (χ0v) is 8.29. The third kappa shape index (κ3) is 2.29. The van der Waals surface area contributed by atoms with Crippen molar-refractivity contribution in [2.24, 2.45) is 10.9 Å². The number of aliphatic carboxylic acids is 1. The molecule has 0 bridgehead atoms. The molecule has 0 aromatic carbocycles. The van der Waals surface area contributed by atoms with Gasteiger partial charge in [0.1, 0.15) is 6.04 Å². The Hall–Kier alpha value is -0.860. The summed E-state index contributed by atoms with van der Waals surface area (Å²) >= 11 is 0. The minimum atomic E-state index is -0.777. The number of nitrogens with zero attached hydrogens (tertiary/aromatic N) is 1. The van der Waals surface area contributed by atoms with Crippen molar-refractivity contribution in [1.82, 2.24) is 0 Å². The van der Waals surface area contributed by atoms with Crippen molar-refractivity contribution in [3.63, 3.8) is 0 Å². The number of hydrogen-bond acceptors (Lipinski definition) is 2. The quantitative estimate of drug-likeness (QED) is 0.728. The van der Waals surface area contributed by atoms with Crippen LogP contribution in [0.3, 0.4) is 0 Å². The molecule has 2 atom stereocenters. The van der Waals surface area contributed by atoms with Gasteiger partial charge in [-0.25, -0.2) is 4.79 Å². The summed E-state index contributed by atoms with van der Waals surface area (Å²) < 4.78 is 0. The Kier molecular flexibility index (Phi) is 3.46. The third-order valence-corrected chi connectivity index (χ3v) is 2.72. The van der Waals surface area contributed by atoms with Crippen molar-refractivity contribution in [2.75, 3.05) is 0 Å². The van der Waals surface area contributed by atoms with E-state index in [1.165, 1.54) is 0 Å². The van der Waals surface area contributed by atoms with Gasteiger partial charge in [-0.05, 0) is 31.6 Å². The largest absolute Gasteiger partial charge is 0.480 e. The summed E-state index contributed by atoms with van der Waals surface area (Å²) in [4.78, 5) is 15.0. The lowest BCUT2D eigenvalue weighted by Gasteiger charge is -2.24. The number of carbonyl (C=O) groups is 1. The predicted molar refractivity (Wildman–Crippen MR) is 52.2 cm³/mol. The van der Waals surface area contributed by atoms with Crippen LogP contribution in [0.2, 0.25) is 0 Å². The molecule has 0 fully saturated rings. The zero-order chi connectivity index (χ0) is 9.84. The van der Waals surface area contributed by atoms with Gasteiger partial charge in [-0.2, -0.15) is 0 Å². The van der Waals surface area contributed by atoms with E-state index in [4.69, 9.17) is 5.11 Å². The van der Waals surface area contributed by atoms with E-state index in [0.717, 1.165) is 25.0 Å². The van der Waals surface area contributed by atoms with Crippen LogP contribution in [0.4, 0.5) is 0 Å². The summed E-state index contributed by atoms with van der Waals surface area (Å²) in [5.74, 6) is -0.249. The first-order valence-electron chi connectivity index (χ1n) is 4.98. The van der Waals surface area contributed by atoms with Crippen LogP contribution in [0.1, 0.15) is 39.5 Å². The SMILES string of the molecule is CCC1=NC(C(=O)O)CCC1CC. The molecule has 0 saturated carbocycles. The molecule has 1 aliphatic heterocycles. The molecule has 0 saturated heterocycles. The summed E-state index contributed by atoms with van der Waals surface area (Å²) in [6, 6.07) is -0.474. The Morgan fingerprint density at radius 3 is 2.69 bits per heavy atom. The van der Waals surface area contributed by atoms with E-state index < -0.39 is 12.0 Å². The standard InChI is InChI=1S/C10H17NO2/c1-3-7-5-6-9(10(12)13)11-8(7)4-2/h7,9H,3-6H2,1-2H3,(H,12,13). The van der Waals surface area contributed by atoms with Gasteiger partial charge < -0.3 is 5.11 Å². The first-order valence-corrected chi connectivity index (χ1v) is 4.98. The summed E-state index contributed by atoms with van der Waals surface area (Å²) in [5.41, 5.74) is 1.10. The highest BCUT2D eigenvalue weighted by molar-refractivity contribution is 5.90. The van der Waals surface area contributed by atoms with Crippen LogP contribution in [0.15, 0.2) is 4.99 Å². The minimum Gasteiger partial charge on any atom is -0.480 e. The second-order valence-electron chi connectivity index (χ2n) is 3.51. The normalized spacial score (nSPS) is 28.3. The van der Waals surface area contributed by atoms with Crippen LogP contribution in [0.25, 0.3) is 0 Å². The van der Waals surface area contributed by atoms with Crippen molar-refractivity contribution in [3.8, 4) is 0 Å². The lowest BCUT2D eigenvalue weighted by Crippen LogP contribution is -2.29. The molecule has 0 aromatic heterocycles. The highest BCUT2D eigenvalue weighted by Gasteiger charge is 2.25. The molecular formula is C10H17NO2. The molecule has 1 heterocycles. The fourth-order valence-corrected chi connectivity index (χ4v) is 1.89. The molecule has 13 heavy (non-hydrogen) atoms. The van der Waals surface area contributed by atoms with Gasteiger partial charge >= 0.3 is 5.97 Å². The van der Waals surface area contributed by atoms with Crippen molar-refractivity contribution in [1.29, 1.82) is 0 Å². The Morgan fingerprint density at radius 2 is 2.23 bits per heavy atom. The molecule has 0 aliphatic carbocycles. The summed E-state index contributed by atoms with van der Waals surface area (Å²) in [6.07, 6.45) is 3.67. The van der Waals surface area contributed by atoms with Crippen LogP contribution in [0.5, 0.6) is 0 Å². The van der Waals surface area contributed by atoms with Crippen molar-refractivity contribution in [2.45, 2.75) is 45.6 Å². The fourth-order valence-electron chi connectivity index (χ4n) is 1.89. The van der Waals surface area contributed by atoms with Gasteiger partial charge in [0.15, 0.2) is 0 Å². The van der Waals surface area contributed by atoms with Gasteiger partial charge in [-0.3, -0.25) is 4.99 Å². The topological polar surface area (TPSA) is 49.7 Å². The third-order valence-electron chi connectivity index (χ3n) is 2.72. The Labute approximate surface area is 78.9 Å². The number of rotatable bonds is 3. The maximum atomic E-state index is 10.7. The van der Waals surface area contributed by atoms with Gasteiger partial charge in [0.05, 0.1) is 0 Å². The second-order valence-corrected chi connectivity index (χ2v) is 3.51. The van der Waals surface area contributed by atoms with Gasteiger partial charge in [0.2, 0.25) is 0 Å². The van der Waals surface area contributed by atoms with Crippen molar-refractivity contribution in [3.05, 3.63) is 0 Å². The first kappa shape index (κ1) is 10.2. The summed E-state index contributed by atoms with van der Waals surface area (Å²) in [5, 5.41) is 8.80. The smallest absolute Gasteiger partial charge is 0.328 e. The number of aliphatic imine (C=N–C) groups is 1. The zero-order valence-electron chi connectivity index (χ0n) is 8.29. The number of hydrogen-bond donors (Lipinski definition) is 1. The molecule has 0 aromatic rings. The Bertz CT molecular complexity index is 223. The molecule has 74 valence electrons. The summed E-state index contributed by atoms with van der Waals surface area (Å²) in [6.45, 7) is 4.18. The molecule has 0 amide bonds. The van der Waals surface area contributed by atoms with E-state index in [-0.39, 0.29) is 0 Å². The molecular weight excluding hydrogens is 166 g/mol. The maximum absolute atomic E-state index is 10.7. The second kappa shape index (κ2) is 4.40. The lowest BCUT2D eigenvalue weighted by atomic mass is 9.88. The van der Waals surface area contributed by atoms with E-state index >= 15 is 0 Å². The van der Waals surface area contributed by atoms with E-state index in [9.17, 15) is 4.79 Å². The molecule has 2 unspecified atom stereocenters. The maximum Gasteiger partial charge on any atom is 0.328 e. The highest BCUT2D eigenvalue weighted by atomic mass is 16.4. The van der Waals surface area contributed by atoms with Crippen LogP contribution in [-0.4, -0.2) is 22.8 Å². The lowest BCUT2D eigenvalue weighted by molar-refractivity contribution is -0.138. The minimum absolute atomic E-state index is 0.474. The molecule has 1 N–H and O–H groups in total. The molecule has 1 aliphatic rings. The Morgan fingerprint density at radius 1 is 1.54 bits per heavy atom. The van der Waals surface area contributed by atoms with Gasteiger partial charge in [0, 0.05) is 5.71 Å². The van der Waals surface area contributed by atoms with E-state index in [2.05, 4.69) is 11.9 Å². The van der Waals surface area contributed by atoms with Gasteiger partial charge in [-0.15, -0.1) is 0 Å². The van der Waals surface area contributed by atoms with Gasteiger partial charge in [-0.1, -0.05) is 13.8 Å². The van der Waals surface area contributed by atoms with E-state index in [1.54, 1.807) is 0 Å². The first-order chi connectivity index (χ1) is 6.19. The average Bonchev–Trinajstić information content (AvgIpc) is 2.16. The van der Waals surface area contributed by atoms with Gasteiger partial charge in [0.25, 0.3) is 0 Å². The van der Waals surface area contributed by atoms with Crippen LogP contribution < -0.4 is 0 Å². The number of carboxylic acid groups (broad SMARTS) is 1. The van der Waals surface area contributed by atoms with E-state index in [0.29, 0.717) is 12.3 Å². The van der Waals surface area contributed by atoms with Crippen molar-refractivity contribution >= 4 is 11.7 Å². The van der Waals surface area contributed by atoms with Crippen molar-refractivity contribution < 1.29 is 9.90 Å². The van der Waals surface area contributed by atoms with Crippen LogP contribution in [-0.2, 0) is 4.79 Å². The monoisotopic (exact) mass is 183 g/mol. The molecule has 3 nitrogen and oxygen atoms in total. The predicted octanol–water partition coefficient (Wildman–Crippen LogP) is 2.11.